The predicted molar refractivity (Wildman–Crippen MR) is 75.7 cm³/mol. The highest BCUT2D eigenvalue weighted by atomic mass is 16.3. The van der Waals surface area contributed by atoms with Gasteiger partial charge >= 0.3 is 0 Å². The van der Waals surface area contributed by atoms with E-state index in [0.717, 1.165) is 17.9 Å². The molecule has 3 rings (SSSR count). The average Bonchev–Trinajstić information content (AvgIpc) is 3.13. The molecule has 2 aromatic rings. The zero-order chi connectivity index (χ0) is 13.8. The number of amidine groups is 1. The van der Waals surface area contributed by atoms with Gasteiger partial charge in [-0.2, -0.15) is 0 Å². The molecule has 0 spiro atoms. The van der Waals surface area contributed by atoms with Crippen molar-refractivity contribution in [3.63, 3.8) is 0 Å². The number of amides is 1. The van der Waals surface area contributed by atoms with Crippen LogP contribution in [0.15, 0.2) is 52.1 Å². The molecule has 0 saturated carbocycles. The van der Waals surface area contributed by atoms with Crippen molar-refractivity contribution in [3.8, 4) is 0 Å². The summed E-state index contributed by atoms with van der Waals surface area (Å²) in [5.74, 6) is 1.02. The lowest BCUT2D eigenvalue weighted by molar-refractivity contribution is 0.0926. The minimum atomic E-state index is -0.203. The van der Waals surface area contributed by atoms with Gasteiger partial charge in [-0.15, -0.1) is 0 Å². The lowest BCUT2D eigenvalue weighted by atomic mass is 10.1. The molecule has 1 aliphatic heterocycles. The van der Waals surface area contributed by atoms with Crippen LogP contribution < -0.4 is 10.6 Å². The number of aliphatic imine (C=N–C) groups is 1. The van der Waals surface area contributed by atoms with E-state index < -0.39 is 0 Å². The molecule has 1 amide bonds. The Morgan fingerprint density at radius 3 is 2.95 bits per heavy atom. The zero-order valence-corrected chi connectivity index (χ0v) is 10.9. The molecular formula is C15H15N3O2. The van der Waals surface area contributed by atoms with E-state index in [0.29, 0.717) is 18.8 Å². The predicted octanol–water partition coefficient (Wildman–Crippen LogP) is 1.56. The first kappa shape index (κ1) is 12.5. The van der Waals surface area contributed by atoms with Crippen molar-refractivity contribution in [1.29, 1.82) is 0 Å². The number of carbonyl (C=O) groups is 1. The highest BCUT2D eigenvalue weighted by Crippen LogP contribution is 2.16. The molecule has 0 saturated heterocycles. The summed E-state index contributed by atoms with van der Waals surface area (Å²) in [6.45, 7) is 1.86. The molecule has 2 heterocycles. The number of nitrogens with zero attached hydrogens (tertiary/aromatic N) is 1. The van der Waals surface area contributed by atoms with Crippen LogP contribution in [0.5, 0.6) is 0 Å². The van der Waals surface area contributed by atoms with Crippen LogP contribution >= 0.6 is 0 Å². The standard InChI is InChI=1S/C15H15N3O2/c19-15(13-6-3-9-20-13)17-8-7-16-14-12-5-2-1-4-11(12)10-18-14/h1-6,9H,7-8,10H2,(H,16,18)(H,17,19). The van der Waals surface area contributed by atoms with Gasteiger partial charge in [0.2, 0.25) is 0 Å². The summed E-state index contributed by atoms with van der Waals surface area (Å²) < 4.78 is 5.02. The molecule has 1 aromatic heterocycles. The first-order valence-electron chi connectivity index (χ1n) is 6.53. The first-order valence-corrected chi connectivity index (χ1v) is 6.53. The van der Waals surface area contributed by atoms with Crippen LogP contribution in [0.2, 0.25) is 0 Å². The SMILES string of the molecule is O=C(NCCNC1=NCc2ccccc21)c1ccco1. The fraction of sp³-hybridized carbons (Fsp3) is 0.200. The van der Waals surface area contributed by atoms with Gasteiger partial charge in [0, 0.05) is 18.7 Å². The Labute approximate surface area is 116 Å². The van der Waals surface area contributed by atoms with Gasteiger partial charge in [-0.05, 0) is 17.7 Å². The van der Waals surface area contributed by atoms with Crippen molar-refractivity contribution in [3.05, 3.63) is 59.5 Å². The molecule has 2 N–H and O–H groups in total. The molecule has 0 unspecified atom stereocenters. The highest BCUT2D eigenvalue weighted by molar-refractivity contribution is 6.02. The number of benzene rings is 1. The molecule has 5 heteroatoms. The van der Waals surface area contributed by atoms with Crippen LogP contribution in [0, 0.1) is 0 Å². The summed E-state index contributed by atoms with van der Waals surface area (Å²) in [5.41, 5.74) is 2.37. The van der Waals surface area contributed by atoms with Crippen LogP contribution in [0.1, 0.15) is 21.7 Å². The van der Waals surface area contributed by atoms with E-state index in [1.807, 2.05) is 12.1 Å². The Balaban J connectivity index is 1.46. The topological polar surface area (TPSA) is 66.6 Å². The van der Waals surface area contributed by atoms with Gasteiger partial charge in [0.05, 0.1) is 12.8 Å². The fourth-order valence-electron chi connectivity index (χ4n) is 2.14. The molecule has 0 aliphatic carbocycles. The molecule has 0 fully saturated rings. The van der Waals surface area contributed by atoms with Gasteiger partial charge < -0.3 is 15.1 Å². The molecule has 0 bridgehead atoms. The van der Waals surface area contributed by atoms with Crippen LogP contribution in [-0.2, 0) is 6.54 Å². The second kappa shape index (κ2) is 5.61. The minimum absolute atomic E-state index is 0.203. The number of fused-ring (bicyclic) bond motifs is 1. The monoisotopic (exact) mass is 269 g/mol. The van der Waals surface area contributed by atoms with E-state index in [1.165, 1.54) is 11.8 Å². The summed E-state index contributed by atoms with van der Waals surface area (Å²) in [5, 5.41) is 6.03. The lowest BCUT2D eigenvalue weighted by Crippen LogP contribution is -2.34. The summed E-state index contributed by atoms with van der Waals surface area (Å²) in [7, 11) is 0. The van der Waals surface area contributed by atoms with E-state index in [4.69, 9.17) is 4.42 Å². The maximum atomic E-state index is 11.6. The van der Waals surface area contributed by atoms with E-state index >= 15 is 0 Å². The van der Waals surface area contributed by atoms with Crippen molar-refractivity contribution in [2.75, 3.05) is 13.1 Å². The Morgan fingerprint density at radius 1 is 1.20 bits per heavy atom. The smallest absolute Gasteiger partial charge is 0.287 e. The number of rotatable bonds is 4. The quantitative estimate of drug-likeness (QED) is 0.828. The maximum Gasteiger partial charge on any atom is 0.287 e. The van der Waals surface area contributed by atoms with Crippen LogP contribution in [-0.4, -0.2) is 24.8 Å². The van der Waals surface area contributed by atoms with Crippen molar-refractivity contribution in [2.24, 2.45) is 4.99 Å². The molecule has 20 heavy (non-hydrogen) atoms. The second-order valence-electron chi connectivity index (χ2n) is 4.48. The van der Waals surface area contributed by atoms with Crippen molar-refractivity contribution in [1.82, 2.24) is 10.6 Å². The summed E-state index contributed by atoms with van der Waals surface area (Å²) in [4.78, 5) is 16.1. The van der Waals surface area contributed by atoms with E-state index in [2.05, 4.69) is 27.8 Å². The Hall–Kier alpha value is -2.56. The first-order chi connectivity index (χ1) is 9.84. The van der Waals surface area contributed by atoms with E-state index in [-0.39, 0.29) is 5.91 Å². The third-order valence-electron chi connectivity index (χ3n) is 3.13. The van der Waals surface area contributed by atoms with Crippen molar-refractivity contribution >= 4 is 11.7 Å². The van der Waals surface area contributed by atoms with Gasteiger partial charge in [-0.1, -0.05) is 24.3 Å². The van der Waals surface area contributed by atoms with Crippen LogP contribution in [0.25, 0.3) is 0 Å². The zero-order valence-electron chi connectivity index (χ0n) is 10.9. The molecule has 1 aromatic carbocycles. The third-order valence-corrected chi connectivity index (χ3v) is 3.13. The second-order valence-corrected chi connectivity index (χ2v) is 4.48. The highest BCUT2D eigenvalue weighted by Gasteiger charge is 2.14. The van der Waals surface area contributed by atoms with E-state index in [9.17, 15) is 4.79 Å². The summed E-state index contributed by atoms with van der Waals surface area (Å²) >= 11 is 0. The molecule has 5 nitrogen and oxygen atoms in total. The molecule has 0 radical (unpaired) electrons. The Kier molecular flexibility index (Phi) is 3.50. The van der Waals surface area contributed by atoms with Gasteiger partial charge in [-0.3, -0.25) is 9.79 Å². The maximum absolute atomic E-state index is 11.6. The van der Waals surface area contributed by atoms with E-state index in [1.54, 1.807) is 12.1 Å². The van der Waals surface area contributed by atoms with Gasteiger partial charge in [0.15, 0.2) is 5.76 Å². The average molecular weight is 269 g/mol. The van der Waals surface area contributed by atoms with Gasteiger partial charge in [0.1, 0.15) is 5.84 Å². The Morgan fingerprint density at radius 2 is 2.10 bits per heavy atom. The van der Waals surface area contributed by atoms with Crippen LogP contribution in [0.4, 0.5) is 0 Å². The Bertz CT molecular complexity index is 632. The molecule has 102 valence electrons. The summed E-state index contributed by atoms with van der Waals surface area (Å²) in [6.07, 6.45) is 1.48. The molecular weight excluding hydrogens is 254 g/mol. The number of hydrogen-bond acceptors (Lipinski definition) is 4. The number of hydrogen-bond donors (Lipinski definition) is 2. The third kappa shape index (κ3) is 2.56. The number of nitrogens with one attached hydrogen (secondary N) is 2. The number of carbonyl (C=O) groups excluding carboxylic acids is 1. The minimum Gasteiger partial charge on any atom is -0.459 e. The molecule has 0 atom stereocenters. The largest absolute Gasteiger partial charge is 0.459 e. The normalized spacial score (nSPS) is 12.7. The van der Waals surface area contributed by atoms with Crippen molar-refractivity contribution < 1.29 is 9.21 Å². The lowest BCUT2D eigenvalue weighted by Gasteiger charge is -2.08. The van der Waals surface area contributed by atoms with Gasteiger partial charge in [-0.25, -0.2) is 0 Å². The van der Waals surface area contributed by atoms with Gasteiger partial charge in [0.25, 0.3) is 5.91 Å². The number of furan rings is 1. The summed E-state index contributed by atoms with van der Waals surface area (Å²) in [6, 6.07) is 11.5. The fourth-order valence-corrected chi connectivity index (χ4v) is 2.14. The van der Waals surface area contributed by atoms with Crippen molar-refractivity contribution in [2.45, 2.75) is 6.54 Å². The molecule has 1 aliphatic rings. The van der Waals surface area contributed by atoms with Crippen LogP contribution in [0.3, 0.4) is 0 Å².